The largest absolute Gasteiger partial charge is 0.256 e. The van der Waals surface area contributed by atoms with Crippen molar-refractivity contribution in [3.8, 4) is 11.3 Å². The fourth-order valence-corrected chi connectivity index (χ4v) is 1.60. The minimum atomic E-state index is -0.590. The molecule has 0 bridgehead atoms. The number of halogens is 2. The Morgan fingerprint density at radius 3 is 2.12 bits per heavy atom. The van der Waals surface area contributed by atoms with Crippen LogP contribution in [0.1, 0.15) is 11.1 Å². The van der Waals surface area contributed by atoms with Crippen molar-refractivity contribution in [2.75, 3.05) is 0 Å². The van der Waals surface area contributed by atoms with E-state index in [1.54, 1.807) is 24.4 Å². The molecule has 2 aromatic rings. The van der Waals surface area contributed by atoms with Gasteiger partial charge in [-0.2, -0.15) is 0 Å². The molecule has 0 N–H and O–H groups in total. The lowest BCUT2D eigenvalue weighted by atomic mass is 10.0. The summed E-state index contributed by atoms with van der Waals surface area (Å²) >= 11 is 0. The molecule has 0 amide bonds. The van der Waals surface area contributed by atoms with Gasteiger partial charge in [-0.3, -0.25) is 4.98 Å². The van der Waals surface area contributed by atoms with E-state index in [0.717, 1.165) is 11.3 Å². The Balaban J connectivity index is 2.48. The molecule has 82 valence electrons. The number of aromatic nitrogens is 1. The molecular weight excluding hydrogens is 208 g/mol. The highest BCUT2D eigenvalue weighted by atomic mass is 19.1. The van der Waals surface area contributed by atoms with Gasteiger partial charge in [-0.25, -0.2) is 8.78 Å². The second-order valence-corrected chi connectivity index (χ2v) is 3.52. The van der Waals surface area contributed by atoms with Gasteiger partial charge in [-0.1, -0.05) is 12.1 Å². The van der Waals surface area contributed by atoms with E-state index in [1.807, 2.05) is 12.1 Å². The summed E-state index contributed by atoms with van der Waals surface area (Å²) in [7, 11) is 0. The maximum Gasteiger partial charge on any atom is 0.115 e. The van der Waals surface area contributed by atoms with E-state index in [1.165, 1.54) is 6.07 Å². The Hall–Kier alpha value is -1.77. The summed E-state index contributed by atoms with van der Waals surface area (Å²) in [6.07, 6.45) is 1.66. The lowest BCUT2D eigenvalue weighted by Crippen LogP contribution is -1.89. The number of pyridine rings is 1. The van der Waals surface area contributed by atoms with E-state index in [9.17, 15) is 8.78 Å². The van der Waals surface area contributed by atoms with Crippen molar-refractivity contribution in [1.82, 2.24) is 4.98 Å². The summed E-state index contributed by atoms with van der Waals surface area (Å²) in [6.45, 7) is -1.18. The summed E-state index contributed by atoms with van der Waals surface area (Å²) < 4.78 is 25.2. The Labute approximate surface area is 92.8 Å². The zero-order chi connectivity index (χ0) is 11.4. The molecule has 0 unspecified atom stereocenters. The zero-order valence-corrected chi connectivity index (χ0v) is 8.66. The molecule has 0 aliphatic carbocycles. The molecule has 0 radical (unpaired) electrons. The van der Waals surface area contributed by atoms with E-state index in [-0.39, 0.29) is 0 Å². The van der Waals surface area contributed by atoms with Crippen molar-refractivity contribution in [2.45, 2.75) is 13.3 Å². The minimum Gasteiger partial charge on any atom is -0.256 e. The quantitative estimate of drug-likeness (QED) is 0.767. The summed E-state index contributed by atoms with van der Waals surface area (Å²) in [5, 5.41) is 0. The monoisotopic (exact) mass is 219 g/mol. The van der Waals surface area contributed by atoms with Crippen LogP contribution in [0.5, 0.6) is 0 Å². The first-order chi connectivity index (χ1) is 7.83. The van der Waals surface area contributed by atoms with Crippen LogP contribution in [0.4, 0.5) is 8.78 Å². The maximum atomic E-state index is 12.6. The topological polar surface area (TPSA) is 12.9 Å². The average molecular weight is 219 g/mol. The van der Waals surface area contributed by atoms with Crippen LogP contribution in [-0.2, 0) is 13.3 Å². The summed E-state index contributed by atoms with van der Waals surface area (Å²) in [4.78, 5) is 4.15. The first-order valence-electron chi connectivity index (χ1n) is 4.99. The molecule has 3 heteroatoms. The Bertz CT molecular complexity index is 446. The van der Waals surface area contributed by atoms with Gasteiger partial charge in [-0.05, 0) is 35.4 Å². The molecular formula is C13H11F2N. The maximum absolute atomic E-state index is 12.6. The van der Waals surface area contributed by atoms with E-state index in [2.05, 4.69) is 4.98 Å². The third-order valence-electron chi connectivity index (χ3n) is 2.32. The van der Waals surface area contributed by atoms with Gasteiger partial charge in [0.15, 0.2) is 0 Å². The minimum absolute atomic E-state index is 0.482. The van der Waals surface area contributed by atoms with E-state index in [0.29, 0.717) is 11.1 Å². The lowest BCUT2D eigenvalue weighted by molar-refractivity contribution is 0.475. The van der Waals surface area contributed by atoms with Crippen LogP contribution < -0.4 is 0 Å². The molecule has 1 heterocycles. The summed E-state index contributed by atoms with van der Waals surface area (Å²) in [5.74, 6) is 0. The van der Waals surface area contributed by atoms with Crippen molar-refractivity contribution in [3.63, 3.8) is 0 Å². The molecule has 0 aliphatic rings. The summed E-state index contributed by atoms with van der Waals surface area (Å²) in [5.41, 5.74) is 2.45. The van der Waals surface area contributed by atoms with Crippen LogP contribution in [0, 0.1) is 0 Å². The van der Waals surface area contributed by atoms with Crippen molar-refractivity contribution < 1.29 is 8.78 Å². The highest BCUT2D eigenvalue weighted by Gasteiger charge is 2.03. The van der Waals surface area contributed by atoms with Gasteiger partial charge in [-0.15, -0.1) is 0 Å². The molecule has 0 saturated carbocycles. The van der Waals surface area contributed by atoms with Crippen molar-refractivity contribution in [3.05, 3.63) is 53.7 Å². The van der Waals surface area contributed by atoms with Gasteiger partial charge in [0, 0.05) is 11.8 Å². The normalized spacial score (nSPS) is 10.4. The lowest BCUT2D eigenvalue weighted by Gasteiger charge is -2.05. The molecule has 1 nitrogen and oxygen atoms in total. The molecule has 0 aliphatic heterocycles. The zero-order valence-electron chi connectivity index (χ0n) is 8.66. The second kappa shape index (κ2) is 4.84. The number of hydrogen-bond donors (Lipinski definition) is 0. The predicted octanol–water partition coefficient (Wildman–Crippen LogP) is 3.69. The van der Waals surface area contributed by atoms with Gasteiger partial charge < -0.3 is 0 Å². The standard InChI is InChI=1S/C13H11F2N/c14-8-10-5-11(9-15)7-12(6-10)13-3-1-2-4-16-13/h1-7H,8-9H2. The van der Waals surface area contributed by atoms with Gasteiger partial charge >= 0.3 is 0 Å². The third kappa shape index (κ3) is 2.24. The van der Waals surface area contributed by atoms with Gasteiger partial charge in [0.1, 0.15) is 13.3 Å². The third-order valence-corrected chi connectivity index (χ3v) is 2.32. The fraction of sp³-hybridized carbons (Fsp3) is 0.154. The van der Waals surface area contributed by atoms with E-state index >= 15 is 0 Å². The van der Waals surface area contributed by atoms with Crippen molar-refractivity contribution in [1.29, 1.82) is 0 Å². The highest BCUT2D eigenvalue weighted by Crippen LogP contribution is 2.21. The summed E-state index contributed by atoms with van der Waals surface area (Å²) in [6, 6.07) is 10.4. The molecule has 16 heavy (non-hydrogen) atoms. The van der Waals surface area contributed by atoms with Crippen molar-refractivity contribution in [2.24, 2.45) is 0 Å². The van der Waals surface area contributed by atoms with Gasteiger partial charge in [0.25, 0.3) is 0 Å². The molecule has 0 fully saturated rings. The Morgan fingerprint density at radius 1 is 0.938 bits per heavy atom. The molecule has 0 spiro atoms. The van der Waals surface area contributed by atoms with Crippen LogP contribution >= 0.6 is 0 Å². The van der Waals surface area contributed by atoms with Gasteiger partial charge in [0.05, 0.1) is 5.69 Å². The van der Waals surface area contributed by atoms with Crippen LogP contribution in [0.25, 0.3) is 11.3 Å². The number of hydrogen-bond acceptors (Lipinski definition) is 1. The highest BCUT2D eigenvalue weighted by molar-refractivity contribution is 5.61. The number of benzene rings is 1. The molecule has 0 atom stereocenters. The SMILES string of the molecule is FCc1cc(CF)cc(-c2ccccn2)c1. The number of alkyl halides is 2. The van der Waals surface area contributed by atoms with Gasteiger partial charge in [0.2, 0.25) is 0 Å². The van der Waals surface area contributed by atoms with Crippen LogP contribution in [0.2, 0.25) is 0 Å². The Morgan fingerprint density at radius 2 is 1.62 bits per heavy atom. The van der Waals surface area contributed by atoms with Crippen LogP contribution in [0.15, 0.2) is 42.6 Å². The molecule has 1 aromatic carbocycles. The van der Waals surface area contributed by atoms with E-state index in [4.69, 9.17) is 0 Å². The predicted molar refractivity (Wildman–Crippen MR) is 59.3 cm³/mol. The van der Waals surface area contributed by atoms with E-state index < -0.39 is 13.3 Å². The molecule has 0 saturated heterocycles. The first kappa shape index (κ1) is 10.7. The second-order valence-electron chi connectivity index (χ2n) is 3.52. The van der Waals surface area contributed by atoms with Crippen LogP contribution in [0.3, 0.4) is 0 Å². The molecule has 2 rings (SSSR count). The van der Waals surface area contributed by atoms with Crippen LogP contribution in [-0.4, -0.2) is 4.98 Å². The average Bonchev–Trinajstić information content (AvgIpc) is 2.39. The fourth-order valence-electron chi connectivity index (χ4n) is 1.60. The Kier molecular flexibility index (Phi) is 3.25. The van der Waals surface area contributed by atoms with Crippen molar-refractivity contribution >= 4 is 0 Å². The number of nitrogens with zero attached hydrogens (tertiary/aromatic N) is 1. The first-order valence-corrected chi connectivity index (χ1v) is 4.99. The smallest absolute Gasteiger partial charge is 0.115 e. The molecule has 1 aromatic heterocycles. The number of rotatable bonds is 3.